The summed E-state index contributed by atoms with van der Waals surface area (Å²) in [5, 5.41) is 0. The van der Waals surface area contributed by atoms with Gasteiger partial charge >= 0.3 is 0 Å². The number of hydrogen-bond acceptors (Lipinski definition) is 3. The zero-order chi connectivity index (χ0) is 14.9. The second-order valence-corrected chi connectivity index (χ2v) is 8.33. The Labute approximate surface area is 129 Å². The standard InChI is InChI=1S/C14H21BrN2O2S/c1-10-8-13(5-6-14(10)15)20(18,19)17-7-3-4-12(9-17)11(2)16/h5-6,8,11-12H,3-4,7,9,16H2,1-2H3/t11-,12-/m0/s1. The highest BCUT2D eigenvalue weighted by Gasteiger charge is 2.31. The van der Waals surface area contributed by atoms with Crippen LogP contribution in [0.25, 0.3) is 0 Å². The number of sulfonamides is 1. The monoisotopic (exact) mass is 360 g/mol. The highest BCUT2D eigenvalue weighted by molar-refractivity contribution is 9.10. The van der Waals surface area contributed by atoms with Crippen LogP contribution in [0.1, 0.15) is 25.3 Å². The summed E-state index contributed by atoms with van der Waals surface area (Å²) in [5.41, 5.74) is 6.85. The molecule has 0 saturated carbocycles. The van der Waals surface area contributed by atoms with Crippen LogP contribution in [0.5, 0.6) is 0 Å². The van der Waals surface area contributed by atoms with Crippen LogP contribution in [0.2, 0.25) is 0 Å². The number of aryl methyl sites for hydroxylation is 1. The van der Waals surface area contributed by atoms with Gasteiger partial charge in [-0.1, -0.05) is 15.9 Å². The molecular formula is C14H21BrN2O2S. The fourth-order valence-corrected chi connectivity index (χ4v) is 4.42. The van der Waals surface area contributed by atoms with Crippen molar-refractivity contribution in [3.63, 3.8) is 0 Å². The van der Waals surface area contributed by atoms with E-state index in [4.69, 9.17) is 5.73 Å². The van der Waals surface area contributed by atoms with Gasteiger partial charge in [0.15, 0.2) is 0 Å². The van der Waals surface area contributed by atoms with E-state index in [-0.39, 0.29) is 12.0 Å². The van der Waals surface area contributed by atoms with E-state index >= 15 is 0 Å². The van der Waals surface area contributed by atoms with Crippen molar-refractivity contribution in [3.05, 3.63) is 28.2 Å². The largest absolute Gasteiger partial charge is 0.328 e. The van der Waals surface area contributed by atoms with E-state index in [0.717, 1.165) is 22.9 Å². The molecule has 1 aromatic carbocycles. The Morgan fingerprint density at radius 2 is 2.15 bits per heavy atom. The molecule has 6 heteroatoms. The zero-order valence-electron chi connectivity index (χ0n) is 11.8. The van der Waals surface area contributed by atoms with Crippen molar-refractivity contribution < 1.29 is 8.42 Å². The molecule has 112 valence electrons. The van der Waals surface area contributed by atoms with E-state index in [1.165, 1.54) is 0 Å². The maximum atomic E-state index is 12.7. The first kappa shape index (κ1) is 15.9. The number of hydrogen-bond donors (Lipinski definition) is 1. The molecule has 20 heavy (non-hydrogen) atoms. The van der Waals surface area contributed by atoms with Crippen molar-refractivity contribution in [1.82, 2.24) is 4.31 Å². The smallest absolute Gasteiger partial charge is 0.243 e. The first-order valence-corrected chi connectivity index (χ1v) is 9.07. The summed E-state index contributed by atoms with van der Waals surface area (Å²) in [6, 6.07) is 5.19. The number of rotatable bonds is 3. The lowest BCUT2D eigenvalue weighted by atomic mass is 9.93. The van der Waals surface area contributed by atoms with Gasteiger partial charge in [0.1, 0.15) is 0 Å². The van der Waals surface area contributed by atoms with E-state index in [1.807, 2.05) is 13.8 Å². The number of halogens is 1. The third-order valence-electron chi connectivity index (χ3n) is 3.93. The molecule has 0 amide bonds. The van der Waals surface area contributed by atoms with Gasteiger partial charge in [-0.3, -0.25) is 0 Å². The maximum absolute atomic E-state index is 12.7. The van der Waals surface area contributed by atoms with E-state index in [9.17, 15) is 8.42 Å². The summed E-state index contributed by atoms with van der Waals surface area (Å²) in [7, 11) is -3.41. The summed E-state index contributed by atoms with van der Waals surface area (Å²) < 4.78 is 27.9. The molecule has 0 bridgehead atoms. The van der Waals surface area contributed by atoms with Crippen LogP contribution in [0.3, 0.4) is 0 Å². The fourth-order valence-electron chi connectivity index (χ4n) is 2.55. The Balaban J connectivity index is 2.27. The molecule has 1 fully saturated rings. The van der Waals surface area contributed by atoms with Gasteiger partial charge in [-0.25, -0.2) is 8.42 Å². The minimum Gasteiger partial charge on any atom is -0.328 e. The molecule has 1 aliphatic rings. The van der Waals surface area contributed by atoms with E-state index in [2.05, 4.69) is 15.9 Å². The third-order valence-corrected chi connectivity index (χ3v) is 6.68. The normalized spacial score (nSPS) is 22.7. The SMILES string of the molecule is Cc1cc(S(=O)(=O)N2CCC[C@H]([C@H](C)N)C2)ccc1Br. The Bertz CT molecular complexity index is 587. The molecule has 0 radical (unpaired) electrons. The van der Waals surface area contributed by atoms with Crippen LogP contribution in [0.4, 0.5) is 0 Å². The molecule has 1 aromatic rings. The fraction of sp³-hybridized carbons (Fsp3) is 0.571. The molecule has 4 nitrogen and oxygen atoms in total. The zero-order valence-corrected chi connectivity index (χ0v) is 14.2. The molecule has 0 spiro atoms. The van der Waals surface area contributed by atoms with Gasteiger partial charge in [0.2, 0.25) is 10.0 Å². The van der Waals surface area contributed by atoms with Crippen LogP contribution < -0.4 is 5.73 Å². The molecule has 1 saturated heterocycles. The van der Waals surface area contributed by atoms with Crippen molar-refractivity contribution in [2.24, 2.45) is 11.7 Å². The van der Waals surface area contributed by atoms with Gasteiger partial charge in [0.05, 0.1) is 4.90 Å². The van der Waals surface area contributed by atoms with Crippen LogP contribution in [-0.4, -0.2) is 31.9 Å². The lowest BCUT2D eigenvalue weighted by Gasteiger charge is -2.33. The number of benzene rings is 1. The van der Waals surface area contributed by atoms with Crippen LogP contribution in [0, 0.1) is 12.8 Å². The van der Waals surface area contributed by atoms with Gasteiger partial charge in [-0.15, -0.1) is 0 Å². The quantitative estimate of drug-likeness (QED) is 0.900. The molecule has 2 atom stereocenters. The van der Waals surface area contributed by atoms with Gasteiger partial charge in [0, 0.05) is 23.6 Å². The molecule has 1 aliphatic heterocycles. The summed E-state index contributed by atoms with van der Waals surface area (Å²) in [4.78, 5) is 0.364. The first-order chi connectivity index (χ1) is 9.32. The molecule has 2 N–H and O–H groups in total. The topological polar surface area (TPSA) is 63.4 Å². The predicted molar refractivity (Wildman–Crippen MR) is 84.0 cm³/mol. The Morgan fingerprint density at radius 1 is 1.45 bits per heavy atom. The highest BCUT2D eigenvalue weighted by Crippen LogP contribution is 2.27. The number of nitrogens with two attached hydrogens (primary N) is 1. The number of nitrogens with zero attached hydrogens (tertiary/aromatic N) is 1. The highest BCUT2D eigenvalue weighted by atomic mass is 79.9. The summed E-state index contributed by atoms with van der Waals surface area (Å²) >= 11 is 3.40. The van der Waals surface area contributed by atoms with E-state index < -0.39 is 10.0 Å². The van der Waals surface area contributed by atoms with Gasteiger partial charge in [-0.2, -0.15) is 4.31 Å². The Morgan fingerprint density at radius 3 is 2.75 bits per heavy atom. The average molecular weight is 361 g/mol. The van der Waals surface area contributed by atoms with Crippen LogP contribution in [0.15, 0.2) is 27.6 Å². The van der Waals surface area contributed by atoms with Crippen LogP contribution in [-0.2, 0) is 10.0 Å². The molecule has 1 heterocycles. The third kappa shape index (κ3) is 3.24. The van der Waals surface area contributed by atoms with E-state index in [1.54, 1.807) is 22.5 Å². The number of piperidine rings is 1. The Hall–Kier alpha value is -0.430. The molecule has 2 rings (SSSR count). The van der Waals surface area contributed by atoms with Crippen molar-refractivity contribution in [1.29, 1.82) is 0 Å². The van der Waals surface area contributed by atoms with Gasteiger partial charge in [-0.05, 0) is 56.4 Å². The van der Waals surface area contributed by atoms with Crippen molar-refractivity contribution in [2.75, 3.05) is 13.1 Å². The lowest BCUT2D eigenvalue weighted by Crippen LogP contribution is -2.44. The van der Waals surface area contributed by atoms with Gasteiger partial charge in [0.25, 0.3) is 0 Å². The Kier molecular flexibility index (Phi) is 4.89. The van der Waals surface area contributed by atoms with Crippen LogP contribution >= 0.6 is 15.9 Å². The molecular weight excluding hydrogens is 340 g/mol. The second kappa shape index (κ2) is 6.13. The second-order valence-electron chi connectivity index (χ2n) is 5.54. The average Bonchev–Trinajstić information content (AvgIpc) is 2.42. The molecule has 0 aliphatic carbocycles. The first-order valence-electron chi connectivity index (χ1n) is 6.84. The maximum Gasteiger partial charge on any atom is 0.243 e. The summed E-state index contributed by atoms with van der Waals surface area (Å²) in [6.07, 6.45) is 1.88. The van der Waals surface area contributed by atoms with Crippen molar-refractivity contribution in [3.8, 4) is 0 Å². The minimum absolute atomic E-state index is 0.0275. The summed E-state index contributed by atoms with van der Waals surface area (Å²) in [5.74, 6) is 0.245. The van der Waals surface area contributed by atoms with Crippen molar-refractivity contribution in [2.45, 2.75) is 37.6 Å². The molecule has 0 aromatic heterocycles. The predicted octanol–water partition coefficient (Wildman–Crippen LogP) is 2.51. The minimum atomic E-state index is -3.41. The summed E-state index contributed by atoms with van der Waals surface area (Å²) in [6.45, 7) is 4.95. The van der Waals surface area contributed by atoms with Gasteiger partial charge < -0.3 is 5.73 Å². The molecule has 0 unspecified atom stereocenters. The van der Waals surface area contributed by atoms with Crippen molar-refractivity contribution >= 4 is 26.0 Å². The lowest BCUT2D eigenvalue weighted by molar-refractivity contribution is 0.243. The van der Waals surface area contributed by atoms with E-state index in [0.29, 0.717) is 18.0 Å².